The predicted molar refractivity (Wildman–Crippen MR) is 103 cm³/mol. The molecule has 0 unspecified atom stereocenters. The van der Waals surface area contributed by atoms with Gasteiger partial charge in [0.25, 0.3) is 0 Å². The maximum Gasteiger partial charge on any atom is 0.241 e. The Labute approximate surface area is 155 Å². The molecule has 0 spiro atoms. The van der Waals surface area contributed by atoms with E-state index >= 15 is 0 Å². The number of nitriles is 1. The van der Waals surface area contributed by atoms with E-state index in [1.54, 1.807) is 4.90 Å². The average molecular weight is 351 g/mol. The van der Waals surface area contributed by atoms with Crippen molar-refractivity contribution in [3.63, 3.8) is 0 Å². The molecule has 136 valence electrons. The minimum absolute atomic E-state index is 0.0233. The van der Waals surface area contributed by atoms with Crippen LogP contribution in [-0.4, -0.2) is 44.1 Å². The molecule has 0 aromatic heterocycles. The lowest BCUT2D eigenvalue weighted by Crippen LogP contribution is -2.40. The molecule has 0 bridgehead atoms. The molecule has 0 radical (unpaired) electrons. The van der Waals surface area contributed by atoms with Gasteiger partial charge in [0.2, 0.25) is 5.91 Å². The van der Waals surface area contributed by atoms with Gasteiger partial charge in [-0.25, -0.2) is 0 Å². The number of rotatable bonds is 9. The molecule has 0 heterocycles. The summed E-state index contributed by atoms with van der Waals surface area (Å²) in [5.74, 6) is 0.844. The second-order valence-electron chi connectivity index (χ2n) is 6.14. The van der Waals surface area contributed by atoms with E-state index in [1.165, 1.54) is 0 Å². The number of anilines is 1. The third-order valence-electron chi connectivity index (χ3n) is 4.05. The van der Waals surface area contributed by atoms with E-state index in [2.05, 4.69) is 6.07 Å². The summed E-state index contributed by atoms with van der Waals surface area (Å²) in [4.78, 5) is 16.3. The second-order valence-corrected chi connectivity index (χ2v) is 6.14. The molecule has 0 N–H and O–H groups in total. The summed E-state index contributed by atoms with van der Waals surface area (Å²) in [6.07, 6.45) is 0.306. The van der Waals surface area contributed by atoms with E-state index in [-0.39, 0.29) is 12.5 Å². The highest BCUT2D eigenvalue weighted by molar-refractivity contribution is 5.94. The summed E-state index contributed by atoms with van der Waals surface area (Å²) in [5, 5.41) is 8.86. The summed E-state index contributed by atoms with van der Waals surface area (Å²) in [7, 11) is 1.90. The van der Waals surface area contributed by atoms with Crippen LogP contribution in [0.5, 0.6) is 5.75 Å². The van der Waals surface area contributed by atoms with Crippen LogP contribution in [-0.2, 0) is 4.79 Å². The standard InChI is InChI=1S/C21H25N3O2/c1-18-9-6-7-12-20(18)26-16-15-23(2)17-21(25)24(14-8-13-22)19-10-4-3-5-11-19/h3-7,9-12H,8,14-17H2,1-2H3. The molecular formula is C21H25N3O2. The minimum Gasteiger partial charge on any atom is -0.492 e. The molecule has 0 aliphatic heterocycles. The minimum atomic E-state index is -0.0233. The summed E-state index contributed by atoms with van der Waals surface area (Å²) in [6.45, 7) is 3.83. The molecule has 26 heavy (non-hydrogen) atoms. The van der Waals surface area contributed by atoms with Crippen LogP contribution in [0.3, 0.4) is 0 Å². The Kier molecular flexibility index (Phi) is 7.66. The molecule has 0 saturated heterocycles. The summed E-state index contributed by atoms with van der Waals surface area (Å²) in [6, 6.07) is 19.4. The fraction of sp³-hybridized carbons (Fsp3) is 0.333. The van der Waals surface area contributed by atoms with Crippen molar-refractivity contribution in [1.29, 1.82) is 5.26 Å². The fourth-order valence-electron chi connectivity index (χ4n) is 2.59. The molecule has 2 aromatic carbocycles. The van der Waals surface area contributed by atoms with Crippen LogP contribution in [0, 0.1) is 18.3 Å². The van der Waals surface area contributed by atoms with Gasteiger partial charge in [0.15, 0.2) is 0 Å². The lowest BCUT2D eigenvalue weighted by molar-refractivity contribution is -0.119. The molecule has 5 nitrogen and oxygen atoms in total. The Balaban J connectivity index is 1.87. The molecule has 0 fully saturated rings. The third-order valence-corrected chi connectivity index (χ3v) is 4.05. The quantitative estimate of drug-likeness (QED) is 0.696. The van der Waals surface area contributed by atoms with Crippen molar-refractivity contribution in [1.82, 2.24) is 4.90 Å². The first-order valence-electron chi connectivity index (χ1n) is 8.71. The van der Waals surface area contributed by atoms with Crippen molar-refractivity contribution < 1.29 is 9.53 Å². The zero-order valence-electron chi connectivity index (χ0n) is 15.4. The van der Waals surface area contributed by atoms with Crippen molar-refractivity contribution >= 4 is 11.6 Å². The van der Waals surface area contributed by atoms with E-state index < -0.39 is 0 Å². The topological polar surface area (TPSA) is 56.6 Å². The molecule has 5 heteroatoms. The van der Waals surface area contributed by atoms with Crippen LogP contribution in [0.15, 0.2) is 54.6 Å². The molecule has 0 aliphatic rings. The monoisotopic (exact) mass is 351 g/mol. The van der Waals surface area contributed by atoms with Gasteiger partial charge >= 0.3 is 0 Å². The predicted octanol–water partition coefficient (Wildman–Crippen LogP) is 3.25. The van der Waals surface area contributed by atoms with Crippen molar-refractivity contribution in [3.8, 4) is 11.8 Å². The smallest absolute Gasteiger partial charge is 0.241 e. The summed E-state index contributed by atoms with van der Waals surface area (Å²) < 4.78 is 5.79. The molecule has 0 saturated carbocycles. The molecule has 0 aliphatic carbocycles. The number of nitrogens with zero attached hydrogens (tertiary/aromatic N) is 3. The molecule has 1 amide bonds. The van der Waals surface area contributed by atoms with Crippen LogP contribution in [0.2, 0.25) is 0 Å². The van der Waals surface area contributed by atoms with Gasteiger partial charge in [-0.1, -0.05) is 36.4 Å². The first kappa shape index (κ1) is 19.5. The second kappa shape index (κ2) is 10.2. The Morgan fingerprint density at radius 1 is 1.08 bits per heavy atom. The van der Waals surface area contributed by atoms with Gasteiger partial charge in [0.1, 0.15) is 12.4 Å². The van der Waals surface area contributed by atoms with Gasteiger partial charge in [0.05, 0.1) is 19.0 Å². The SMILES string of the molecule is Cc1ccccc1OCCN(C)CC(=O)N(CCC#N)c1ccccc1. The Hall–Kier alpha value is -2.84. The summed E-state index contributed by atoms with van der Waals surface area (Å²) >= 11 is 0. The number of ether oxygens (including phenoxy) is 1. The Morgan fingerprint density at radius 2 is 1.77 bits per heavy atom. The molecule has 0 atom stereocenters. The van der Waals surface area contributed by atoms with Crippen molar-refractivity contribution in [2.75, 3.05) is 38.2 Å². The third kappa shape index (κ3) is 5.91. The lowest BCUT2D eigenvalue weighted by atomic mass is 10.2. The number of aryl methyl sites for hydroxylation is 1. The van der Waals surface area contributed by atoms with Crippen LogP contribution in [0.1, 0.15) is 12.0 Å². The molecule has 2 rings (SSSR count). The van der Waals surface area contributed by atoms with Gasteiger partial charge in [-0.15, -0.1) is 0 Å². The van der Waals surface area contributed by atoms with Gasteiger partial charge in [-0.05, 0) is 37.7 Å². The van der Waals surface area contributed by atoms with Crippen LogP contribution in [0.4, 0.5) is 5.69 Å². The lowest BCUT2D eigenvalue weighted by Gasteiger charge is -2.25. The maximum atomic E-state index is 12.7. The number of carbonyl (C=O) groups is 1. The number of hydrogen-bond donors (Lipinski definition) is 0. The normalized spacial score (nSPS) is 10.4. The van der Waals surface area contributed by atoms with Crippen molar-refractivity contribution in [2.24, 2.45) is 0 Å². The van der Waals surface area contributed by atoms with E-state index in [9.17, 15) is 4.79 Å². The number of carbonyl (C=O) groups excluding carboxylic acids is 1. The zero-order chi connectivity index (χ0) is 18.8. The van der Waals surface area contributed by atoms with Crippen LogP contribution < -0.4 is 9.64 Å². The van der Waals surface area contributed by atoms with Crippen LogP contribution in [0.25, 0.3) is 0 Å². The number of benzene rings is 2. The number of para-hydroxylation sites is 2. The number of amides is 1. The van der Waals surface area contributed by atoms with Crippen molar-refractivity contribution in [2.45, 2.75) is 13.3 Å². The van der Waals surface area contributed by atoms with E-state index in [1.807, 2.05) is 73.5 Å². The highest BCUT2D eigenvalue weighted by Gasteiger charge is 2.17. The van der Waals surface area contributed by atoms with Crippen LogP contribution >= 0.6 is 0 Å². The molecule has 2 aromatic rings. The summed E-state index contributed by atoms with van der Waals surface area (Å²) in [5.41, 5.74) is 1.91. The highest BCUT2D eigenvalue weighted by Crippen LogP contribution is 2.16. The Bertz CT molecular complexity index is 740. The van der Waals surface area contributed by atoms with E-state index in [0.29, 0.717) is 26.1 Å². The number of likely N-dealkylation sites (N-methyl/N-ethyl adjacent to an activating group) is 1. The Morgan fingerprint density at radius 3 is 2.46 bits per heavy atom. The van der Waals surface area contributed by atoms with E-state index in [4.69, 9.17) is 10.00 Å². The zero-order valence-corrected chi connectivity index (χ0v) is 15.4. The average Bonchev–Trinajstić information content (AvgIpc) is 2.64. The van der Waals surface area contributed by atoms with E-state index in [0.717, 1.165) is 17.0 Å². The largest absolute Gasteiger partial charge is 0.492 e. The maximum absolute atomic E-state index is 12.7. The first-order valence-corrected chi connectivity index (χ1v) is 8.71. The van der Waals surface area contributed by atoms with Gasteiger partial charge in [-0.3, -0.25) is 9.69 Å². The highest BCUT2D eigenvalue weighted by atomic mass is 16.5. The molecular weight excluding hydrogens is 326 g/mol. The van der Waals surface area contributed by atoms with Gasteiger partial charge < -0.3 is 9.64 Å². The van der Waals surface area contributed by atoms with Gasteiger partial charge in [-0.2, -0.15) is 5.26 Å². The number of hydrogen-bond acceptors (Lipinski definition) is 4. The first-order chi connectivity index (χ1) is 12.6. The van der Waals surface area contributed by atoms with Crippen molar-refractivity contribution in [3.05, 3.63) is 60.2 Å². The van der Waals surface area contributed by atoms with Gasteiger partial charge in [0, 0.05) is 18.8 Å². The fourth-order valence-corrected chi connectivity index (χ4v) is 2.59.